The fraction of sp³-hybridized carbons (Fsp3) is 0.822. The summed E-state index contributed by atoms with van der Waals surface area (Å²) in [6, 6.07) is 0. The third-order valence-corrected chi connectivity index (χ3v) is 11.5. The Morgan fingerprint density at radius 1 is 0.559 bits per heavy atom. The fourth-order valence-electron chi connectivity index (χ4n) is 6.84. The summed E-state index contributed by atoms with van der Waals surface area (Å²) >= 11 is 0. The van der Waals surface area contributed by atoms with Crippen molar-refractivity contribution in [2.24, 2.45) is 0 Å². The van der Waals surface area contributed by atoms with Gasteiger partial charge in [-0.2, -0.15) is 0 Å². The number of unbranched alkanes of at least 4 members (excludes halogenated alkanes) is 22. The Bertz CT molecular complexity index is 1180. The minimum atomic E-state index is -5.14. The van der Waals surface area contributed by atoms with Crippen LogP contribution in [0.3, 0.4) is 0 Å². The van der Waals surface area contributed by atoms with E-state index in [1.165, 1.54) is 115 Å². The zero-order valence-corrected chi connectivity index (χ0v) is 37.2. The van der Waals surface area contributed by atoms with Crippen LogP contribution in [0, 0.1) is 0 Å². The van der Waals surface area contributed by atoms with Crippen molar-refractivity contribution in [3.63, 3.8) is 0 Å². The topological polar surface area (TPSA) is 210 Å². The zero-order valence-electron chi connectivity index (χ0n) is 36.3. The number of rotatable bonds is 37. The van der Waals surface area contributed by atoms with Gasteiger partial charge in [-0.25, -0.2) is 9.36 Å². The monoisotopic (exact) mass is 861 g/mol. The molecule has 1 aliphatic rings. The first kappa shape index (κ1) is 55.1. The van der Waals surface area contributed by atoms with Crippen molar-refractivity contribution in [2.45, 2.75) is 224 Å². The van der Waals surface area contributed by atoms with Gasteiger partial charge >= 0.3 is 19.8 Å². The van der Waals surface area contributed by atoms with Crippen molar-refractivity contribution in [2.75, 3.05) is 13.2 Å². The van der Waals surface area contributed by atoms with Gasteiger partial charge in [-0.3, -0.25) is 13.8 Å². The summed E-state index contributed by atoms with van der Waals surface area (Å²) in [7, 11) is -5.14. The highest BCUT2D eigenvalue weighted by Gasteiger charge is 2.51. The summed E-state index contributed by atoms with van der Waals surface area (Å²) in [5.41, 5.74) is 0. The van der Waals surface area contributed by atoms with Gasteiger partial charge in [0.1, 0.15) is 43.2 Å². The zero-order chi connectivity index (χ0) is 43.6. The van der Waals surface area contributed by atoms with Crippen LogP contribution in [0.15, 0.2) is 36.5 Å². The summed E-state index contributed by atoms with van der Waals surface area (Å²) in [5.74, 6) is -1.37. The SMILES string of the molecule is CCCCCCCCCC/C=C/CCCCCC(=O)OC[C@H](COP(=O)(O)OC1C(O)C(O)C(O)[C@@H](O)C1O)OC(=O)/C=C/C=C/CCCCCCCCCCCCC. The second kappa shape index (κ2) is 35.6. The fourth-order valence-corrected chi connectivity index (χ4v) is 7.81. The Kier molecular flexibility index (Phi) is 33.3. The van der Waals surface area contributed by atoms with Crippen LogP contribution in [0.5, 0.6) is 0 Å². The molecule has 6 unspecified atom stereocenters. The van der Waals surface area contributed by atoms with Crippen LogP contribution in [-0.4, -0.2) is 98.3 Å². The molecule has 6 N–H and O–H groups in total. The van der Waals surface area contributed by atoms with E-state index >= 15 is 0 Å². The van der Waals surface area contributed by atoms with E-state index in [1.807, 2.05) is 6.08 Å². The third kappa shape index (κ3) is 28.3. The molecule has 1 saturated carbocycles. The predicted molar refractivity (Wildman–Crippen MR) is 230 cm³/mol. The highest BCUT2D eigenvalue weighted by molar-refractivity contribution is 7.47. The lowest BCUT2D eigenvalue weighted by atomic mass is 9.85. The molecule has 0 aromatic heterocycles. The van der Waals surface area contributed by atoms with Gasteiger partial charge in [0, 0.05) is 12.5 Å². The maximum Gasteiger partial charge on any atom is 0.472 e. The predicted octanol–water partition coefficient (Wildman–Crippen LogP) is 8.61. The molecule has 0 aliphatic heterocycles. The first-order valence-corrected chi connectivity index (χ1v) is 24.3. The largest absolute Gasteiger partial charge is 0.472 e. The molecule has 0 aromatic carbocycles. The molecule has 1 aliphatic carbocycles. The van der Waals surface area contributed by atoms with Crippen molar-refractivity contribution in [3.05, 3.63) is 36.5 Å². The number of ether oxygens (including phenoxy) is 2. The smallest absolute Gasteiger partial charge is 0.462 e. The lowest BCUT2D eigenvalue weighted by Gasteiger charge is -2.41. The number of carbonyl (C=O) groups is 2. The molecule has 14 heteroatoms. The molecular formula is C45H81O13P. The normalized spacial score (nSPS) is 22.6. The summed E-state index contributed by atoms with van der Waals surface area (Å²) < 4.78 is 33.3. The Labute approximate surface area is 355 Å². The highest BCUT2D eigenvalue weighted by Crippen LogP contribution is 2.47. The van der Waals surface area contributed by atoms with Crippen LogP contribution in [0.1, 0.15) is 181 Å². The van der Waals surface area contributed by atoms with Gasteiger partial charge in [-0.1, -0.05) is 160 Å². The Morgan fingerprint density at radius 3 is 1.47 bits per heavy atom. The number of aliphatic hydroxyl groups is 5. The summed E-state index contributed by atoms with van der Waals surface area (Å²) in [6.45, 7) is 3.18. The first-order valence-electron chi connectivity index (χ1n) is 22.8. The Morgan fingerprint density at radius 2 is 0.983 bits per heavy atom. The lowest BCUT2D eigenvalue weighted by Crippen LogP contribution is -2.64. The summed E-state index contributed by atoms with van der Waals surface area (Å²) in [6.07, 6.45) is 27.0. The molecule has 0 spiro atoms. The number of hydrogen-bond donors (Lipinski definition) is 6. The summed E-state index contributed by atoms with van der Waals surface area (Å²) in [5, 5.41) is 50.1. The van der Waals surface area contributed by atoms with Gasteiger partial charge in [0.05, 0.1) is 6.61 Å². The van der Waals surface area contributed by atoms with Gasteiger partial charge in [0.15, 0.2) is 6.10 Å². The molecule has 1 rings (SSSR count). The second-order valence-corrected chi connectivity index (χ2v) is 17.4. The molecule has 0 radical (unpaired) electrons. The number of carbonyl (C=O) groups excluding carboxylic acids is 2. The van der Waals surface area contributed by atoms with Crippen LogP contribution < -0.4 is 0 Å². The lowest BCUT2D eigenvalue weighted by molar-refractivity contribution is -0.220. The van der Waals surface area contributed by atoms with Gasteiger partial charge in [-0.05, 0) is 44.9 Å². The van der Waals surface area contributed by atoms with E-state index in [2.05, 4.69) is 26.0 Å². The minimum absolute atomic E-state index is 0.128. The molecule has 0 bridgehead atoms. The van der Waals surface area contributed by atoms with Gasteiger partial charge in [0.2, 0.25) is 0 Å². The van der Waals surface area contributed by atoms with E-state index in [-0.39, 0.29) is 6.42 Å². The maximum atomic E-state index is 12.8. The number of esters is 2. The molecule has 0 heterocycles. The van der Waals surface area contributed by atoms with Crippen molar-refractivity contribution >= 4 is 19.8 Å². The first-order chi connectivity index (χ1) is 28.4. The molecule has 59 heavy (non-hydrogen) atoms. The van der Waals surface area contributed by atoms with Crippen molar-refractivity contribution < 1.29 is 63.1 Å². The van der Waals surface area contributed by atoms with Crippen molar-refractivity contribution in [3.8, 4) is 0 Å². The van der Waals surface area contributed by atoms with Crippen LogP contribution in [0.25, 0.3) is 0 Å². The van der Waals surface area contributed by atoms with E-state index in [1.54, 1.807) is 6.08 Å². The van der Waals surface area contributed by atoms with E-state index in [9.17, 15) is 44.6 Å². The average Bonchev–Trinajstić information content (AvgIpc) is 3.21. The molecule has 8 atom stereocenters. The molecule has 0 aromatic rings. The Hall–Kier alpha value is -1.93. The van der Waals surface area contributed by atoms with Crippen molar-refractivity contribution in [1.29, 1.82) is 0 Å². The molecule has 1 fully saturated rings. The van der Waals surface area contributed by atoms with E-state index in [0.717, 1.165) is 51.0 Å². The van der Waals surface area contributed by atoms with E-state index in [4.69, 9.17) is 18.5 Å². The Balaban J connectivity index is 2.53. The number of phosphoric acid groups is 1. The molecule has 0 saturated heterocycles. The number of aliphatic hydroxyl groups excluding tert-OH is 5. The minimum Gasteiger partial charge on any atom is -0.462 e. The van der Waals surface area contributed by atoms with Crippen LogP contribution in [0.2, 0.25) is 0 Å². The van der Waals surface area contributed by atoms with E-state index in [0.29, 0.717) is 6.42 Å². The molecule has 344 valence electrons. The maximum absolute atomic E-state index is 12.8. The second-order valence-electron chi connectivity index (χ2n) is 16.0. The van der Waals surface area contributed by atoms with E-state index < -0.39 is 75.7 Å². The number of hydrogen-bond acceptors (Lipinski definition) is 12. The van der Waals surface area contributed by atoms with Crippen LogP contribution in [0.4, 0.5) is 0 Å². The van der Waals surface area contributed by atoms with Gasteiger partial charge < -0.3 is 39.9 Å². The van der Waals surface area contributed by atoms with Crippen molar-refractivity contribution in [1.82, 2.24) is 0 Å². The van der Waals surface area contributed by atoms with Gasteiger partial charge in [0.25, 0.3) is 0 Å². The highest BCUT2D eigenvalue weighted by atomic mass is 31.2. The van der Waals surface area contributed by atoms with Crippen LogP contribution >= 0.6 is 7.82 Å². The van der Waals surface area contributed by atoms with Crippen LogP contribution in [-0.2, 0) is 32.7 Å². The molecular weight excluding hydrogens is 779 g/mol. The standard InChI is InChI=1S/C45H81O13P/c1-3-5-7-9-11-13-15-17-19-21-23-25-27-29-31-33-38(46)55-35-37(36-56-59(53,54)58-45-43(51)41(49)40(48)42(50)44(45)52)57-39(47)34-32-30-28-26-24-22-20-18-16-14-12-10-8-6-4-2/h21,23,28,30,32,34,37,40-45,48-52H,3-20,22,24-27,29,31,33,35-36H2,1-2H3,(H,53,54)/b23-21+,30-28+,34-32+/t37-,40?,41-,42?,43?,44?,45?/m1/s1. The van der Waals surface area contributed by atoms with Gasteiger partial charge in [-0.15, -0.1) is 0 Å². The third-order valence-electron chi connectivity index (χ3n) is 10.6. The summed E-state index contributed by atoms with van der Waals surface area (Å²) in [4.78, 5) is 35.5. The molecule has 13 nitrogen and oxygen atoms in total. The number of allylic oxidation sites excluding steroid dienone is 5. The quantitative estimate of drug-likeness (QED) is 0.00864. The molecule has 0 amide bonds. The average molecular weight is 861 g/mol. The number of phosphoric ester groups is 1.